The van der Waals surface area contributed by atoms with Gasteiger partial charge in [-0.15, -0.1) is 0 Å². The Hall–Kier alpha value is -2.20. The van der Waals surface area contributed by atoms with Gasteiger partial charge in [-0.1, -0.05) is 5.16 Å². The predicted octanol–water partition coefficient (Wildman–Crippen LogP) is 0.870. The first-order valence-electron chi connectivity index (χ1n) is 8.57. The van der Waals surface area contributed by atoms with Crippen molar-refractivity contribution >= 4 is 15.9 Å². The Morgan fingerprint density at radius 2 is 2.08 bits per heavy atom. The Kier molecular flexibility index (Phi) is 5.42. The molecule has 0 spiro atoms. The number of aromatic nitrogens is 3. The van der Waals surface area contributed by atoms with E-state index in [1.54, 1.807) is 4.90 Å². The first-order chi connectivity index (χ1) is 12.4. The van der Waals surface area contributed by atoms with Crippen LogP contribution in [0.15, 0.2) is 22.1 Å². The van der Waals surface area contributed by atoms with Crippen molar-refractivity contribution in [1.29, 1.82) is 0 Å². The second-order valence-electron chi connectivity index (χ2n) is 6.36. The first-order valence-corrected chi connectivity index (χ1v) is 10.0. The van der Waals surface area contributed by atoms with Crippen molar-refractivity contribution in [3.8, 4) is 0 Å². The lowest BCUT2D eigenvalue weighted by Gasteiger charge is -2.21. The monoisotopic (exact) mass is 381 g/mol. The van der Waals surface area contributed by atoms with Gasteiger partial charge in [-0.3, -0.25) is 4.79 Å². The predicted molar refractivity (Wildman–Crippen MR) is 92.8 cm³/mol. The summed E-state index contributed by atoms with van der Waals surface area (Å²) in [5, 5.41) is 3.98. The second-order valence-corrected chi connectivity index (χ2v) is 8.26. The van der Waals surface area contributed by atoms with Gasteiger partial charge in [0.05, 0.1) is 18.2 Å². The van der Waals surface area contributed by atoms with Gasteiger partial charge in [0.1, 0.15) is 5.76 Å². The van der Waals surface area contributed by atoms with Gasteiger partial charge >= 0.3 is 0 Å². The summed E-state index contributed by atoms with van der Waals surface area (Å²) in [4.78, 5) is 20.7. The molecule has 0 bridgehead atoms. The molecular weight excluding hydrogens is 358 g/mol. The minimum Gasteiger partial charge on any atom is -0.361 e. The quantitative estimate of drug-likeness (QED) is 0.822. The van der Waals surface area contributed by atoms with E-state index in [1.165, 1.54) is 16.8 Å². The van der Waals surface area contributed by atoms with Crippen LogP contribution in [0.5, 0.6) is 0 Å². The average molecular weight is 381 g/mol. The number of imidazole rings is 1. The Morgan fingerprint density at radius 1 is 1.27 bits per heavy atom. The minimum absolute atomic E-state index is 0.0192. The number of sulfonamides is 1. The number of H-pyrrole nitrogens is 1. The number of rotatable bonds is 5. The van der Waals surface area contributed by atoms with E-state index in [9.17, 15) is 13.2 Å². The van der Waals surface area contributed by atoms with Gasteiger partial charge in [0, 0.05) is 38.2 Å². The summed E-state index contributed by atoms with van der Waals surface area (Å²) in [7, 11) is -3.59. The van der Waals surface area contributed by atoms with Gasteiger partial charge in [0.2, 0.25) is 5.91 Å². The highest BCUT2D eigenvalue weighted by Gasteiger charge is 2.29. The molecule has 142 valence electrons. The van der Waals surface area contributed by atoms with Crippen LogP contribution in [-0.4, -0.2) is 64.8 Å². The lowest BCUT2D eigenvalue weighted by atomic mass is 10.1. The Morgan fingerprint density at radius 3 is 2.73 bits per heavy atom. The number of carbonyl (C=O) groups excluding carboxylic acids is 1. The second kappa shape index (κ2) is 7.58. The highest BCUT2D eigenvalue weighted by Crippen LogP contribution is 2.17. The molecule has 1 fully saturated rings. The average Bonchev–Trinajstić information content (AvgIpc) is 3.17. The molecule has 0 atom stereocenters. The molecule has 1 N–H and O–H groups in total. The summed E-state index contributed by atoms with van der Waals surface area (Å²) >= 11 is 0. The molecule has 1 amide bonds. The molecule has 3 heterocycles. The summed E-state index contributed by atoms with van der Waals surface area (Å²) in [6.45, 7) is 5.29. The maximum Gasteiger partial charge on any atom is 0.260 e. The smallest absolute Gasteiger partial charge is 0.260 e. The van der Waals surface area contributed by atoms with E-state index in [1.807, 2.05) is 13.8 Å². The van der Waals surface area contributed by atoms with E-state index in [0.717, 1.165) is 17.0 Å². The van der Waals surface area contributed by atoms with E-state index >= 15 is 0 Å². The largest absolute Gasteiger partial charge is 0.361 e. The van der Waals surface area contributed by atoms with Crippen LogP contribution >= 0.6 is 0 Å². The number of hydrogen-bond acceptors (Lipinski definition) is 6. The number of nitrogens with one attached hydrogen (secondary N) is 1. The third-order valence-corrected chi connectivity index (χ3v) is 6.49. The number of aromatic amines is 1. The molecule has 0 unspecified atom stereocenters. The third-order valence-electron chi connectivity index (χ3n) is 4.67. The Labute approximate surface area is 152 Å². The van der Waals surface area contributed by atoms with Crippen LogP contribution in [0.25, 0.3) is 0 Å². The SMILES string of the molecule is Cc1noc(C)c1CCC(=O)N1CCCN(S(=O)(=O)c2cnc[nH]2)CC1. The van der Waals surface area contributed by atoms with Gasteiger partial charge in [-0.25, -0.2) is 13.4 Å². The molecule has 0 aromatic carbocycles. The lowest BCUT2D eigenvalue weighted by Crippen LogP contribution is -2.37. The molecule has 1 aliphatic heterocycles. The molecule has 26 heavy (non-hydrogen) atoms. The van der Waals surface area contributed by atoms with Crippen molar-refractivity contribution < 1.29 is 17.7 Å². The molecule has 2 aromatic rings. The molecule has 10 heteroatoms. The van der Waals surface area contributed by atoms with Gasteiger partial charge < -0.3 is 14.4 Å². The van der Waals surface area contributed by atoms with Crippen LogP contribution < -0.4 is 0 Å². The zero-order valence-corrected chi connectivity index (χ0v) is 15.8. The number of hydrogen-bond donors (Lipinski definition) is 1. The Bertz CT molecular complexity index is 840. The summed E-state index contributed by atoms with van der Waals surface area (Å²) in [6.07, 6.45) is 4.18. The zero-order valence-electron chi connectivity index (χ0n) is 14.9. The van der Waals surface area contributed by atoms with Gasteiger partial charge in [-0.2, -0.15) is 4.31 Å². The van der Waals surface area contributed by atoms with E-state index in [0.29, 0.717) is 38.9 Å². The van der Waals surface area contributed by atoms with Crippen molar-refractivity contribution in [3.05, 3.63) is 29.5 Å². The normalized spacial score (nSPS) is 16.6. The van der Waals surface area contributed by atoms with Crippen LogP contribution in [0.1, 0.15) is 29.9 Å². The van der Waals surface area contributed by atoms with E-state index in [2.05, 4.69) is 15.1 Å². The Balaban J connectivity index is 1.59. The summed E-state index contributed by atoms with van der Waals surface area (Å²) in [5.41, 5.74) is 1.78. The van der Waals surface area contributed by atoms with E-state index in [4.69, 9.17) is 4.52 Å². The number of nitrogens with zero attached hydrogens (tertiary/aromatic N) is 4. The standard InChI is InChI=1S/C16H23N5O4S/c1-12-14(13(2)25-19-12)4-5-16(22)20-6-3-7-21(9-8-20)26(23,24)15-10-17-11-18-15/h10-11H,3-9H2,1-2H3,(H,17,18). The van der Waals surface area contributed by atoms with Crippen molar-refractivity contribution in [3.63, 3.8) is 0 Å². The first kappa shape index (κ1) is 18.6. The molecule has 2 aromatic heterocycles. The fourth-order valence-corrected chi connectivity index (χ4v) is 4.52. The molecular formula is C16H23N5O4S. The highest BCUT2D eigenvalue weighted by atomic mass is 32.2. The topological polar surface area (TPSA) is 112 Å². The zero-order chi connectivity index (χ0) is 18.7. The van der Waals surface area contributed by atoms with Crippen LogP contribution in [-0.2, 0) is 21.2 Å². The summed E-state index contributed by atoms with van der Waals surface area (Å²) in [6, 6.07) is 0. The molecule has 1 aliphatic rings. The van der Waals surface area contributed by atoms with Gasteiger partial charge in [0.25, 0.3) is 10.0 Å². The van der Waals surface area contributed by atoms with Crippen molar-refractivity contribution in [2.24, 2.45) is 0 Å². The van der Waals surface area contributed by atoms with Crippen molar-refractivity contribution in [2.45, 2.75) is 38.1 Å². The molecule has 3 rings (SSSR count). The van der Waals surface area contributed by atoms with Crippen molar-refractivity contribution in [2.75, 3.05) is 26.2 Å². The maximum absolute atomic E-state index is 12.6. The van der Waals surface area contributed by atoms with Crippen LogP contribution in [0.3, 0.4) is 0 Å². The number of carbonyl (C=O) groups is 1. The molecule has 0 aliphatic carbocycles. The fourth-order valence-electron chi connectivity index (χ4n) is 3.16. The molecule has 1 saturated heterocycles. The van der Waals surface area contributed by atoms with Crippen LogP contribution in [0.2, 0.25) is 0 Å². The summed E-state index contributed by atoms with van der Waals surface area (Å²) in [5.74, 6) is 0.758. The minimum atomic E-state index is -3.59. The molecule has 0 saturated carbocycles. The van der Waals surface area contributed by atoms with Crippen LogP contribution in [0.4, 0.5) is 0 Å². The third kappa shape index (κ3) is 3.80. The summed E-state index contributed by atoms with van der Waals surface area (Å²) < 4.78 is 31.7. The highest BCUT2D eigenvalue weighted by molar-refractivity contribution is 7.89. The fraction of sp³-hybridized carbons (Fsp3) is 0.562. The van der Waals surface area contributed by atoms with Crippen LogP contribution in [0, 0.1) is 13.8 Å². The molecule has 0 radical (unpaired) electrons. The number of amides is 1. The molecule has 9 nitrogen and oxygen atoms in total. The van der Waals surface area contributed by atoms with Gasteiger partial charge in [0.15, 0.2) is 5.03 Å². The maximum atomic E-state index is 12.6. The van der Waals surface area contributed by atoms with E-state index < -0.39 is 10.0 Å². The van der Waals surface area contributed by atoms with E-state index in [-0.39, 0.29) is 17.5 Å². The van der Waals surface area contributed by atoms with Crippen molar-refractivity contribution in [1.82, 2.24) is 24.3 Å². The lowest BCUT2D eigenvalue weighted by molar-refractivity contribution is -0.131. The van der Waals surface area contributed by atoms with Gasteiger partial charge in [-0.05, 0) is 26.7 Å². The number of aryl methyl sites for hydroxylation is 2.